The molecule has 0 saturated carbocycles. The lowest BCUT2D eigenvalue weighted by atomic mass is 10.1. The van der Waals surface area contributed by atoms with Crippen LogP contribution in [0.3, 0.4) is 0 Å². The molecule has 0 heterocycles. The number of phosphoric acid groups is 2. The summed E-state index contributed by atoms with van der Waals surface area (Å²) in [7, 11) is -9.96. The molecule has 0 amide bonds. The highest BCUT2D eigenvalue weighted by Crippen LogP contribution is 2.45. The number of carbonyl (C=O) groups is 4. The van der Waals surface area contributed by atoms with Crippen LogP contribution in [-0.4, -0.2) is 96.7 Å². The van der Waals surface area contributed by atoms with E-state index in [2.05, 4.69) is 149 Å². The van der Waals surface area contributed by atoms with Crippen LogP contribution in [0.1, 0.15) is 285 Å². The van der Waals surface area contributed by atoms with Crippen molar-refractivity contribution in [3.63, 3.8) is 0 Å². The van der Waals surface area contributed by atoms with E-state index < -0.39 is 97.5 Å². The van der Waals surface area contributed by atoms with Gasteiger partial charge in [0.25, 0.3) is 0 Å². The van der Waals surface area contributed by atoms with Crippen molar-refractivity contribution in [1.82, 2.24) is 0 Å². The minimum Gasteiger partial charge on any atom is -0.462 e. The van der Waals surface area contributed by atoms with Crippen molar-refractivity contribution >= 4 is 39.5 Å². The van der Waals surface area contributed by atoms with Crippen molar-refractivity contribution in [2.75, 3.05) is 39.6 Å². The third-order valence-electron chi connectivity index (χ3n) is 14.8. The standard InChI is InChI=1S/C77H130O17P2/c1-5-9-13-17-21-25-29-32-33-34-35-36-37-40-43-46-50-54-58-62-75(80)88-67-72(93-76(81)63-59-55-51-47-41-28-24-20-16-12-8-4)69-91-95(83,84)89-65-71(78)66-90-96(85,86)92-70-73(94-77(82)64-60-56-52-48-44-39-31-27-23-19-15-11-7-3)68-87-74(79)61-57-53-49-45-42-38-30-26-22-18-14-10-6-2/h9,13-15,18-21,24-27,30-33,35-36,40,43,71-73,78H,5-8,10-12,16-17,22-23,28-29,34,37-39,41-42,44-70H2,1-4H3,(H,83,84)(H,85,86)/b13-9-,18-14-,19-15-,24-20-,25-21-,30-26-,31-27-,33-32-,36-35-,43-40-. The van der Waals surface area contributed by atoms with Crippen molar-refractivity contribution in [3.05, 3.63) is 122 Å². The first-order valence-corrected chi connectivity index (χ1v) is 39.8. The summed E-state index contributed by atoms with van der Waals surface area (Å²) in [5.74, 6) is -2.26. The number of unbranched alkanes of at least 4 members (excludes halogenated alkanes) is 22. The minimum absolute atomic E-state index is 0.0732. The second kappa shape index (κ2) is 69.0. The minimum atomic E-state index is -4.98. The van der Waals surface area contributed by atoms with Gasteiger partial charge in [0.2, 0.25) is 0 Å². The summed E-state index contributed by atoms with van der Waals surface area (Å²) in [6.45, 7) is 4.49. The van der Waals surface area contributed by atoms with E-state index in [-0.39, 0.29) is 25.7 Å². The number of esters is 4. The maximum absolute atomic E-state index is 13.0. The quantitative estimate of drug-likeness (QED) is 0.0169. The van der Waals surface area contributed by atoms with E-state index in [0.717, 1.165) is 193 Å². The molecule has 19 heteroatoms. The van der Waals surface area contributed by atoms with Gasteiger partial charge in [0.15, 0.2) is 12.2 Å². The molecule has 0 aliphatic heterocycles. The molecule has 0 aromatic heterocycles. The van der Waals surface area contributed by atoms with Crippen LogP contribution in [0.2, 0.25) is 0 Å². The van der Waals surface area contributed by atoms with E-state index in [1.165, 1.54) is 12.8 Å². The molecule has 0 spiro atoms. The van der Waals surface area contributed by atoms with Gasteiger partial charge >= 0.3 is 39.5 Å². The fourth-order valence-corrected chi connectivity index (χ4v) is 10.8. The van der Waals surface area contributed by atoms with Crippen molar-refractivity contribution in [2.24, 2.45) is 0 Å². The first-order valence-electron chi connectivity index (χ1n) is 36.8. The van der Waals surface area contributed by atoms with Gasteiger partial charge in [-0.05, 0) is 141 Å². The molecule has 17 nitrogen and oxygen atoms in total. The lowest BCUT2D eigenvalue weighted by molar-refractivity contribution is -0.161. The number of carbonyl (C=O) groups excluding carboxylic acids is 4. The second-order valence-corrected chi connectivity index (χ2v) is 27.0. The van der Waals surface area contributed by atoms with Crippen LogP contribution in [0.25, 0.3) is 0 Å². The zero-order chi connectivity index (χ0) is 70.4. The third-order valence-corrected chi connectivity index (χ3v) is 16.7. The number of allylic oxidation sites excluding steroid dienone is 20. The molecule has 3 N–H and O–H groups in total. The molecule has 0 aromatic carbocycles. The molecule has 0 aliphatic carbocycles. The molecule has 0 radical (unpaired) electrons. The maximum atomic E-state index is 13.0. The topological polar surface area (TPSA) is 237 Å². The first-order chi connectivity index (χ1) is 46.7. The molecule has 0 fully saturated rings. The SMILES string of the molecule is CC/C=C\C/C=C\C/C=C\C/C=C\C/C=C\CCCCCC(=O)OCC(COP(=O)(O)OCC(O)COP(=O)(O)OCC(COC(=O)CCCCCCC/C=C\C/C=C\CCC)OC(=O)CCCCCCC/C=C\C/C=C\CCC)OC(=O)CCCCCCC/C=C\CCCC. The average Bonchev–Trinajstić information content (AvgIpc) is 1.11. The van der Waals surface area contributed by atoms with Crippen LogP contribution in [0, 0.1) is 0 Å². The highest BCUT2D eigenvalue weighted by Gasteiger charge is 2.30. The number of ether oxygens (including phenoxy) is 4. The zero-order valence-electron chi connectivity index (χ0n) is 59.8. The molecule has 96 heavy (non-hydrogen) atoms. The Hall–Kier alpha value is -4.54. The van der Waals surface area contributed by atoms with Gasteiger partial charge < -0.3 is 33.8 Å². The number of hydrogen-bond donors (Lipinski definition) is 3. The first kappa shape index (κ1) is 91.5. The van der Waals surface area contributed by atoms with E-state index in [1.54, 1.807) is 0 Å². The Kier molecular flexibility index (Phi) is 65.7. The fraction of sp³-hybridized carbons (Fsp3) is 0.688. The Morgan fingerprint density at radius 2 is 0.562 bits per heavy atom. The highest BCUT2D eigenvalue weighted by atomic mass is 31.2. The third kappa shape index (κ3) is 68.0. The van der Waals surface area contributed by atoms with Gasteiger partial charge in [-0.25, -0.2) is 9.13 Å². The Balaban J connectivity index is 5.35. The molecule has 550 valence electrons. The van der Waals surface area contributed by atoms with E-state index in [0.29, 0.717) is 25.7 Å². The Labute approximate surface area is 581 Å². The summed E-state index contributed by atoms with van der Waals surface area (Å²) in [4.78, 5) is 72.7. The Morgan fingerprint density at radius 3 is 0.896 bits per heavy atom. The molecule has 0 bridgehead atoms. The molecule has 0 aliphatic rings. The van der Waals surface area contributed by atoms with E-state index in [4.69, 9.17) is 37.0 Å². The number of hydrogen-bond acceptors (Lipinski definition) is 15. The van der Waals surface area contributed by atoms with Crippen LogP contribution in [0.5, 0.6) is 0 Å². The monoisotopic (exact) mass is 1390 g/mol. The maximum Gasteiger partial charge on any atom is 0.472 e. The van der Waals surface area contributed by atoms with Gasteiger partial charge in [-0.3, -0.25) is 37.3 Å². The predicted molar refractivity (Wildman–Crippen MR) is 390 cm³/mol. The van der Waals surface area contributed by atoms with Crippen LogP contribution in [0.4, 0.5) is 0 Å². The predicted octanol–water partition coefficient (Wildman–Crippen LogP) is 20.8. The highest BCUT2D eigenvalue weighted by molar-refractivity contribution is 7.47. The van der Waals surface area contributed by atoms with Crippen LogP contribution >= 0.6 is 15.6 Å². The summed E-state index contributed by atoms with van der Waals surface area (Å²) in [6, 6.07) is 0. The summed E-state index contributed by atoms with van der Waals surface area (Å²) in [6.07, 6.45) is 73.5. The molecule has 0 rings (SSSR count). The van der Waals surface area contributed by atoms with Crippen molar-refractivity contribution in [3.8, 4) is 0 Å². The summed E-state index contributed by atoms with van der Waals surface area (Å²) < 4.78 is 68.3. The number of aliphatic hydroxyl groups excluding tert-OH is 1. The lowest BCUT2D eigenvalue weighted by Crippen LogP contribution is -2.30. The molecule has 5 atom stereocenters. The second-order valence-electron chi connectivity index (χ2n) is 24.1. The number of phosphoric ester groups is 2. The van der Waals surface area contributed by atoms with E-state index in [1.807, 2.05) is 0 Å². The fourth-order valence-electron chi connectivity index (χ4n) is 9.24. The van der Waals surface area contributed by atoms with Crippen molar-refractivity contribution in [2.45, 2.75) is 303 Å². The summed E-state index contributed by atoms with van der Waals surface area (Å²) in [5.41, 5.74) is 0. The van der Waals surface area contributed by atoms with Gasteiger partial charge in [0.05, 0.1) is 26.4 Å². The summed E-state index contributed by atoms with van der Waals surface area (Å²) in [5, 5.41) is 10.6. The average molecular weight is 1390 g/mol. The van der Waals surface area contributed by atoms with Gasteiger partial charge in [-0.15, -0.1) is 0 Å². The number of rotatable bonds is 68. The zero-order valence-corrected chi connectivity index (χ0v) is 61.5. The lowest BCUT2D eigenvalue weighted by Gasteiger charge is -2.21. The van der Waals surface area contributed by atoms with E-state index >= 15 is 0 Å². The van der Waals surface area contributed by atoms with Gasteiger partial charge in [0.1, 0.15) is 19.3 Å². The molecule has 5 unspecified atom stereocenters. The largest absolute Gasteiger partial charge is 0.472 e. The summed E-state index contributed by atoms with van der Waals surface area (Å²) >= 11 is 0. The van der Waals surface area contributed by atoms with Gasteiger partial charge in [-0.1, -0.05) is 239 Å². The van der Waals surface area contributed by atoms with Crippen molar-refractivity contribution in [1.29, 1.82) is 0 Å². The molecule has 0 aromatic rings. The van der Waals surface area contributed by atoms with Crippen LogP contribution in [0.15, 0.2) is 122 Å². The smallest absolute Gasteiger partial charge is 0.462 e. The Bertz CT molecular complexity index is 2300. The van der Waals surface area contributed by atoms with E-state index in [9.17, 15) is 43.2 Å². The van der Waals surface area contributed by atoms with Crippen molar-refractivity contribution < 1.29 is 80.2 Å². The molecule has 0 saturated heterocycles. The van der Waals surface area contributed by atoms with Crippen LogP contribution in [-0.2, 0) is 65.4 Å². The van der Waals surface area contributed by atoms with Gasteiger partial charge in [0, 0.05) is 25.7 Å². The van der Waals surface area contributed by atoms with Gasteiger partial charge in [-0.2, -0.15) is 0 Å². The number of aliphatic hydroxyl groups is 1. The molecular weight excluding hydrogens is 1260 g/mol. The normalized spacial score (nSPS) is 14.7. The molecular formula is C77H130O17P2. The van der Waals surface area contributed by atoms with Crippen LogP contribution < -0.4 is 0 Å². The Morgan fingerprint density at radius 1 is 0.302 bits per heavy atom.